The molecule has 3 rings (SSSR count). The molecule has 3 heteroatoms. The maximum absolute atomic E-state index is 13.0. The summed E-state index contributed by atoms with van der Waals surface area (Å²) >= 11 is 0. The molecule has 0 radical (unpaired) electrons. The van der Waals surface area contributed by atoms with Gasteiger partial charge in [-0.3, -0.25) is 9.69 Å². The fraction of sp³-hybridized carbons (Fsp3) is 0.316. The Balaban J connectivity index is 1.90. The van der Waals surface area contributed by atoms with Crippen LogP contribution >= 0.6 is 0 Å². The molecule has 0 saturated carbocycles. The van der Waals surface area contributed by atoms with Gasteiger partial charge in [0.05, 0.1) is 11.6 Å². The Hall–Kier alpha value is -2.13. The number of fused-ring (bicyclic) bond motifs is 1. The van der Waals surface area contributed by atoms with Crippen LogP contribution in [0.25, 0.3) is 0 Å². The van der Waals surface area contributed by atoms with Gasteiger partial charge in [0, 0.05) is 5.69 Å². The monoisotopic (exact) mass is 294 g/mol. The molecule has 2 aromatic carbocycles. The summed E-state index contributed by atoms with van der Waals surface area (Å²) < 4.78 is 0. The van der Waals surface area contributed by atoms with E-state index in [1.807, 2.05) is 53.4 Å². The first-order valence-corrected chi connectivity index (χ1v) is 7.81. The molecule has 0 N–H and O–H groups in total. The fourth-order valence-corrected chi connectivity index (χ4v) is 3.13. The van der Waals surface area contributed by atoms with Crippen LogP contribution in [0.4, 0.5) is 11.4 Å². The third-order valence-electron chi connectivity index (χ3n) is 4.18. The van der Waals surface area contributed by atoms with Crippen molar-refractivity contribution < 1.29 is 4.79 Å². The summed E-state index contributed by atoms with van der Waals surface area (Å²) in [5.74, 6) is 0.183. The first kappa shape index (κ1) is 14.8. The smallest absolute Gasteiger partial charge is 0.239 e. The zero-order valence-electron chi connectivity index (χ0n) is 13.2. The summed E-state index contributed by atoms with van der Waals surface area (Å²) in [6, 6.07) is 18.1. The molecule has 3 nitrogen and oxygen atoms in total. The van der Waals surface area contributed by atoms with Crippen LogP contribution in [-0.4, -0.2) is 31.4 Å². The molecule has 1 unspecified atom stereocenters. The van der Waals surface area contributed by atoms with Gasteiger partial charge < -0.3 is 4.90 Å². The van der Waals surface area contributed by atoms with E-state index in [0.717, 1.165) is 36.3 Å². The summed E-state index contributed by atoms with van der Waals surface area (Å²) in [4.78, 5) is 17.0. The van der Waals surface area contributed by atoms with Gasteiger partial charge in [-0.1, -0.05) is 36.4 Å². The third-order valence-corrected chi connectivity index (χ3v) is 4.18. The molecule has 1 amide bonds. The lowest BCUT2D eigenvalue weighted by Crippen LogP contribution is -2.24. The summed E-state index contributed by atoms with van der Waals surface area (Å²) in [6.07, 6.45) is 1.93. The third kappa shape index (κ3) is 2.77. The minimum Gasteiger partial charge on any atom is -0.309 e. The van der Waals surface area contributed by atoms with E-state index >= 15 is 0 Å². The van der Waals surface area contributed by atoms with Gasteiger partial charge in [0.15, 0.2) is 0 Å². The number of carbonyl (C=O) groups is 1. The second kappa shape index (κ2) is 6.32. The number of hydrogen-bond acceptors (Lipinski definition) is 2. The lowest BCUT2D eigenvalue weighted by molar-refractivity contribution is -0.118. The van der Waals surface area contributed by atoms with Crippen LogP contribution in [0.15, 0.2) is 54.6 Å². The zero-order valence-corrected chi connectivity index (χ0v) is 13.2. The second-order valence-corrected chi connectivity index (χ2v) is 6.07. The lowest BCUT2D eigenvalue weighted by atomic mass is 9.96. The van der Waals surface area contributed by atoms with Gasteiger partial charge in [-0.05, 0) is 57.2 Å². The van der Waals surface area contributed by atoms with Gasteiger partial charge in [0.1, 0.15) is 0 Å². The number of carbonyl (C=O) groups excluding carboxylic acids is 1. The molecule has 0 fully saturated rings. The number of benzene rings is 2. The molecular weight excluding hydrogens is 272 g/mol. The van der Waals surface area contributed by atoms with E-state index < -0.39 is 0 Å². The number of anilines is 2. The number of amides is 1. The van der Waals surface area contributed by atoms with Crippen LogP contribution in [0, 0.1) is 0 Å². The molecule has 0 saturated heterocycles. The number of para-hydroxylation sites is 2. The molecule has 114 valence electrons. The van der Waals surface area contributed by atoms with E-state index in [4.69, 9.17) is 0 Å². The first-order chi connectivity index (χ1) is 10.7. The van der Waals surface area contributed by atoms with Crippen molar-refractivity contribution in [1.82, 2.24) is 4.90 Å². The standard InChI is InChI=1S/C19H22N2O/c1-20(2)14-8-12-17-16-11-6-7-13-18(16)21(19(17)22)15-9-4-3-5-10-15/h3-7,9-11,13,17H,8,12,14H2,1-2H3. The quantitative estimate of drug-likeness (QED) is 0.837. The Kier molecular flexibility index (Phi) is 4.25. The van der Waals surface area contributed by atoms with Crippen molar-refractivity contribution in [3.63, 3.8) is 0 Å². The van der Waals surface area contributed by atoms with Crippen molar-refractivity contribution >= 4 is 17.3 Å². The largest absolute Gasteiger partial charge is 0.309 e. The molecule has 1 atom stereocenters. The zero-order chi connectivity index (χ0) is 15.5. The van der Waals surface area contributed by atoms with E-state index in [0.29, 0.717) is 0 Å². The fourth-order valence-electron chi connectivity index (χ4n) is 3.13. The minimum absolute atomic E-state index is 0.0173. The molecule has 22 heavy (non-hydrogen) atoms. The molecular formula is C19H22N2O. The average Bonchev–Trinajstić information content (AvgIpc) is 2.80. The summed E-state index contributed by atoms with van der Waals surface area (Å²) in [5, 5.41) is 0. The first-order valence-electron chi connectivity index (χ1n) is 7.81. The van der Waals surface area contributed by atoms with E-state index in [2.05, 4.69) is 25.1 Å². The number of hydrogen-bond donors (Lipinski definition) is 0. The molecule has 1 aliphatic heterocycles. The van der Waals surface area contributed by atoms with Gasteiger partial charge in [-0.2, -0.15) is 0 Å². The Morgan fingerprint density at radius 2 is 1.68 bits per heavy atom. The lowest BCUT2D eigenvalue weighted by Gasteiger charge is -2.18. The van der Waals surface area contributed by atoms with Crippen molar-refractivity contribution in [1.29, 1.82) is 0 Å². The molecule has 1 aliphatic rings. The predicted octanol–water partition coefficient (Wildman–Crippen LogP) is 3.79. The summed E-state index contributed by atoms with van der Waals surface area (Å²) in [5.41, 5.74) is 3.15. The van der Waals surface area contributed by atoms with Crippen molar-refractivity contribution in [2.75, 3.05) is 25.5 Å². The second-order valence-electron chi connectivity index (χ2n) is 6.07. The van der Waals surface area contributed by atoms with Crippen LogP contribution in [-0.2, 0) is 4.79 Å². The minimum atomic E-state index is -0.0173. The Morgan fingerprint density at radius 3 is 2.41 bits per heavy atom. The number of rotatable bonds is 5. The van der Waals surface area contributed by atoms with Crippen molar-refractivity contribution in [3.8, 4) is 0 Å². The molecule has 2 aromatic rings. The van der Waals surface area contributed by atoms with E-state index in [-0.39, 0.29) is 11.8 Å². The van der Waals surface area contributed by atoms with Gasteiger partial charge >= 0.3 is 0 Å². The van der Waals surface area contributed by atoms with Crippen LogP contribution in [0.3, 0.4) is 0 Å². The van der Waals surface area contributed by atoms with Gasteiger partial charge in [-0.15, -0.1) is 0 Å². The summed E-state index contributed by atoms with van der Waals surface area (Å²) in [6.45, 7) is 1.01. The van der Waals surface area contributed by atoms with Gasteiger partial charge in [0.2, 0.25) is 5.91 Å². The van der Waals surface area contributed by atoms with Crippen LogP contribution in [0.5, 0.6) is 0 Å². The number of nitrogens with zero attached hydrogens (tertiary/aromatic N) is 2. The van der Waals surface area contributed by atoms with Crippen molar-refractivity contribution in [2.24, 2.45) is 0 Å². The highest BCUT2D eigenvalue weighted by atomic mass is 16.2. The molecule has 1 heterocycles. The maximum Gasteiger partial charge on any atom is 0.239 e. The van der Waals surface area contributed by atoms with Crippen LogP contribution in [0.2, 0.25) is 0 Å². The SMILES string of the molecule is CN(C)CCCC1C(=O)N(c2ccccc2)c2ccccc21. The normalized spacial score (nSPS) is 17.1. The van der Waals surface area contributed by atoms with E-state index in [1.165, 1.54) is 0 Å². The topological polar surface area (TPSA) is 23.6 Å². The van der Waals surface area contributed by atoms with Crippen molar-refractivity contribution in [3.05, 3.63) is 60.2 Å². The van der Waals surface area contributed by atoms with Gasteiger partial charge in [0.25, 0.3) is 0 Å². The van der Waals surface area contributed by atoms with Gasteiger partial charge in [-0.25, -0.2) is 0 Å². The predicted molar refractivity (Wildman–Crippen MR) is 90.6 cm³/mol. The summed E-state index contributed by atoms with van der Waals surface area (Å²) in [7, 11) is 4.14. The van der Waals surface area contributed by atoms with Crippen molar-refractivity contribution in [2.45, 2.75) is 18.8 Å². The highest BCUT2D eigenvalue weighted by Gasteiger charge is 2.37. The van der Waals surface area contributed by atoms with E-state index in [9.17, 15) is 4.79 Å². The van der Waals surface area contributed by atoms with Crippen LogP contribution in [0.1, 0.15) is 24.3 Å². The van der Waals surface area contributed by atoms with Crippen LogP contribution < -0.4 is 4.90 Å². The molecule has 0 aliphatic carbocycles. The average molecular weight is 294 g/mol. The Bertz CT molecular complexity index is 651. The Morgan fingerprint density at radius 1 is 1.00 bits per heavy atom. The molecule has 0 aromatic heterocycles. The molecule has 0 bridgehead atoms. The maximum atomic E-state index is 13.0. The highest BCUT2D eigenvalue weighted by Crippen LogP contribution is 2.43. The Labute approximate surface area is 132 Å². The van der Waals surface area contributed by atoms with E-state index in [1.54, 1.807) is 0 Å². The highest BCUT2D eigenvalue weighted by molar-refractivity contribution is 6.10. The molecule has 0 spiro atoms.